The summed E-state index contributed by atoms with van der Waals surface area (Å²) < 4.78 is 15.7. The number of methoxy groups -OCH3 is 2. The molecule has 0 saturated heterocycles. The number of ether oxygens (including phenoxy) is 3. The molecule has 0 bridgehead atoms. The summed E-state index contributed by atoms with van der Waals surface area (Å²) >= 11 is 0. The van der Waals surface area contributed by atoms with Crippen LogP contribution in [0.1, 0.15) is 17.2 Å². The van der Waals surface area contributed by atoms with E-state index < -0.39 is 6.10 Å². The Labute approximate surface area is 143 Å². The maximum absolute atomic E-state index is 10.2. The van der Waals surface area contributed by atoms with Crippen molar-refractivity contribution in [1.29, 1.82) is 0 Å². The van der Waals surface area contributed by atoms with Crippen LogP contribution in [0.5, 0.6) is 11.5 Å². The molecular weight excluding hydrogens is 306 g/mol. The van der Waals surface area contributed by atoms with Gasteiger partial charge in [0.2, 0.25) is 0 Å². The summed E-state index contributed by atoms with van der Waals surface area (Å²) in [6.07, 6.45) is -0.558. The predicted molar refractivity (Wildman–Crippen MR) is 93.5 cm³/mol. The number of nitrogens with one attached hydrogen (secondary N) is 1. The molecule has 0 aliphatic rings. The zero-order valence-electron chi connectivity index (χ0n) is 14.2. The SMILES string of the molecule is COCCOc1cccc(CNCC(O)c2ccc(OC)cc2)c1. The third kappa shape index (κ3) is 5.85. The van der Waals surface area contributed by atoms with Crippen molar-refractivity contribution in [2.24, 2.45) is 0 Å². The van der Waals surface area contributed by atoms with E-state index in [1.54, 1.807) is 14.2 Å². The maximum Gasteiger partial charge on any atom is 0.119 e. The highest BCUT2D eigenvalue weighted by Crippen LogP contribution is 2.17. The average molecular weight is 331 g/mol. The highest BCUT2D eigenvalue weighted by molar-refractivity contribution is 5.29. The molecule has 1 atom stereocenters. The predicted octanol–water partition coefficient (Wildman–Crippen LogP) is 2.54. The van der Waals surface area contributed by atoms with Crippen molar-refractivity contribution in [2.75, 3.05) is 34.0 Å². The highest BCUT2D eigenvalue weighted by atomic mass is 16.5. The first-order valence-corrected chi connectivity index (χ1v) is 7.96. The molecule has 0 amide bonds. The molecule has 0 fully saturated rings. The van der Waals surface area contributed by atoms with Crippen LogP contribution in [0.2, 0.25) is 0 Å². The van der Waals surface area contributed by atoms with Crippen LogP contribution in [0.4, 0.5) is 0 Å². The molecule has 2 N–H and O–H groups in total. The monoisotopic (exact) mass is 331 g/mol. The molecule has 0 spiro atoms. The Morgan fingerprint density at radius 1 is 1.00 bits per heavy atom. The van der Waals surface area contributed by atoms with Gasteiger partial charge in [-0.3, -0.25) is 0 Å². The van der Waals surface area contributed by atoms with Crippen molar-refractivity contribution in [3.8, 4) is 11.5 Å². The molecule has 2 aromatic carbocycles. The molecule has 0 aromatic heterocycles. The molecule has 5 heteroatoms. The molecule has 0 saturated carbocycles. The van der Waals surface area contributed by atoms with Gasteiger partial charge in [-0.1, -0.05) is 24.3 Å². The van der Waals surface area contributed by atoms with Crippen molar-refractivity contribution in [3.63, 3.8) is 0 Å². The molecule has 2 aromatic rings. The van der Waals surface area contributed by atoms with Crippen molar-refractivity contribution >= 4 is 0 Å². The van der Waals surface area contributed by atoms with E-state index in [-0.39, 0.29) is 0 Å². The first-order valence-electron chi connectivity index (χ1n) is 7.96. The van der Waals surface area contributed by atoms with E-state index in [4.69, 9.17) is 14.2 Å². The lowest BCUT2D eigenvalue weighted by atomic mass is 10.1. The van der Waals surface area contributed by atoms with Gasteiger partial charge in [0.15, 0.2) is 0 Å². The van der Waals surface area contributed by atoms with Crippen LogP contribution in [0, 0.1) is 0 Å². The number of aliphatic hydroxyl groups is 1. The molecule has 0 aliphatic carbocycles. The molecule has 0 aliphatic heterocycles. The second-order valence-electron chi connectivity index (χ2n) is 5.41. The van der Waals surface area contributed by atoms with Crippen LogP contribution in [-0.2, 0) is 11.3 Å². The summed E-state index contributed by atoms with van der Waals surface area (Å²) in [7, 11) is 3.28. The second kappa shape index (κ2) is 9.93. The van der Waals surface area contributed by atoms with Gasteiger partial charge in [-0.25, -0.2) is 0 Å². The van der Waals surface area contributed by atoms with Gasteiger partial charge < -0.3 is 24.6 Å². The summed E-state index contributed by atoms with van der Waals surface area (Å²) in [6, 6.07) is 15.3. The summed E-state index contributed by atoms with van der Waals surface area (Å²) in [5.41, 5.74) is 1.96. The van der Waals surface area contributed by atoms with E-state index >= 15 is 0 Å². The van der Waals surface area contributed by atoms with Crippen LogP contribution >= 0.6 is 0 Å². The minimum absolute atomic E-state index is 0.473. The summed E-state index contributed by atoms with van der Waals surface area (Å²) in [5.74, 6) is 1.60. The zero-order chi connectivity index (χ0) is 17.2. The lowest BCUT2D eigenvalue weighted by Gasteiger charge is -2.13. The van der Waals surface area contributed by atoms with Crippen molar-refractivity contribution in [1.82, 2.24) is 5.32 Å². The van der Waals surface area contributed by atoms with Crippen molar-refractivity contribution in [2.45, 2.75) is 12.6 Å². The first-order chi connectivity index (χ1) is 11.7. The Morgan fingerprint density at radius 3 is 2.50 bits per heavy atom. The fourth-order valence-corrected chi connectivity index (χ4v) is 2.29. The third-order valence-corrected chi connectivity index (χ3v) is 3.62. The average Bonchev–Trinajstić information content (AvgIpc) is 2.62. The van der Waals surface area contributed by atoms with Crippen LogP contribution in [0.15, 0.2) is 48.5 Å². The van der Waals surface area contributed by atoms with E-state index in [9.17, 15) is 5.11 Å². The highest BCUT2D eigenvalue weighted by Gasteiger charge is 2.07. The number of hydrogen-bond donors (Lipinski definition) is 2. The van der Waals surface area contributed by atoms with E-state index in [2.05, 4.69) is 5.32 Å². The summed E-state index contributed by atoms with van der Waals surface area (Å²) in [5, 5.41) is 13.5. The quantitative estimate of drug-likeness (QED) is 0.655. The van der Waals surface area contributed by atoms with Gasteiger partial charge in [0.05, 0.1) is 19.8 Å². The molecule has 24 heavy (non-hydrogen) atoms. The fraction of sp³-hybridized carbons (Fsp3) is 0.368. The van der Waals surface area contributed by atoms with Crippen molar-refractivity contribution < 1.29 is 19.3 Å². The topological polar surface area (TPSA) is 60.0 Å². The maximum atomic E-state index is 10.2. The number of benzene rings is 2. The fourth-order valence-electron chi connectivity index (χ4n) is 2.29. The lowest BCUT2D eigenvalue weighted by molar-refractivity contribution is 0.146. The van der Waals surface area contributed by atoms with Crippen LogP contribution in [-0.4, -0.2) is 39.1 Å². The third-order valence-electron chi connectivity index (χ3n) is 3.62. The van der Waals surface area contributed by atoms with Crippen LogP contribution < -0.4 is 14.8 Å². The molecular formula is C19H25NO4. The zero-order valence-corrected chi connectivity index (χ0v) is 14.2. The van der Waals surface area contributed by atoms with Gasteiger partial charge in [0.25, 0.3) is 0 Å². The normalized spacial score (nSPS) is 12.0. The number of hydrogen-bond acceptors (Lipinski definition) is 5. The minimum Gasteiger partial charge on any atom is -0.497 e. The molecule has 0 radical (unpaired) electrons. The second-order valence-corrected chi connectivity index (χ2v) is 5.41. The Bertz CT molecular complexity index is 601. The molecule has 130 valence electrons. The Morgan fingerprint density at radius 2 is 1.79 bits per heavy atom. The minimum atomic E-state index is -0.558. The molecule has 5 nitrogen and oxygen atoms in total. The van der Waals surface area contributed by atoms with Crippen LogP contribution in [0.3, 0.4) is 0 Å². The largest absolute Gasteiger partial charge is 0.497 e. The van der Waals surface area contributed by atoms with E-state index in [0.29, 0.717) is 26.3 Å². The summed E-state index contributed by atoms with van der Waals surface area (Å²) in [4.78, 5) is 0. The van der Waals surface area contributed by atoms with Gasteiger partial charge in [-0.15, -0.1) is 0 Å². The van der Waals surface area contributed by atoms with Gasteiger partial charge in [0.1, 0.15) is 18.1 Å². The molecule has 0 heterocycles. The first kappa shape index (κ1) is 18.3. The number of rotatable bonds is 10. The summed E-state index contributed by atoms with van der Waals surface area (Å²) in [6.45, 7) is 2.23. The van der Waals surface area contributed by atoms with E-state index in [1.165, 1.54) is 0 Å². The molecule has 2 rings (SSSR count). The number of aliphatic hydroxyl groups excluding tert-OH is 1. The van der Waals surface area contributed by atoms with Crippen molar-refractivity contribution in [3.05, 3.63) is 59.7 Å². The van der Waals surface area contributed by atoms with Crippen LogP contribution in [0.25, 0.3) is 0 Å². The standard InChI is InChI=1S/C19H25NO4/c1-22-10-11-24-18-5-3-4-15(12-18)13-20-14-19(21)16-6-8-17(23-2)9-7-16/h3-9,12,19-21H,10-11,13-14H2,1-2H3. The van der Waals surface area contributed by atoms with E-state index in [0.717, 1.165) is 22.6 Å². The van der Waals surface area contributed by atoms with Gasteiger partial charge in [-0.05, 0) is 35.4 Å². The Balaban J connectivity index is 1.79. The van der Waals surface area contributed by atoms with Gasteiger partial charge >= 0.3 is 0 Å². The Hall–Kier alpha value is -2.08. The molecule has 1 unspecified atom stereocenters. The lowest BCUT2D eigenvalue weighted by Crippen LogP contribution is -2.21. The smallest absolute Gasteiger partial charge is 0.119 e. The van der Waals surface area contributed by atoms with E-state index in [1.807, 2.05) is 48.5 Å². The van der Waals surface area contributed by atoms with Gasteiger partial charge in [-0.2, -0.15) is 0 Å². The van der Waals surface area contributed by atoms with Gasteiger partial charge in [0, 0.05) is 20.2 Å². The Kier molecular flexibility index (Phi) is 7.55.